The van der Waals surface area contributed by atoms with Crippen molar-refractivity contribution in [2.75, 3.05) is 0 Å². The second-order valence-electron chi connectivity index (χ2n) is 9.81. The quantitative estimate of drug-likeness (QED) is 0.363. The van der Waals surface area contributed by atoms with E-state index in [2.05, 4.69) is 44.2 Å². The molecule has 0 saturated heterocycles. The van der Waals surface area contributed by atoms with Crippen molar-refractivity contribution in [3.63, 3.8) is 0 Å². The Labute approximate surface area is 193 Å². The van der Waals surface area contributed by atoms with Gasteiger partial charge in [0, 0.05) is 11.8 Å². The summed E-state index contributed by atoms with van der Waals surface area (Å²) in [5.41, 5.74) is 9.85. The monoisotopic (exact) mass is 455 g/mol. The molecule has 0 saturated carbocycles. The van der Waals surface area contributed by atoms with Gasteiger partial charge in [-0.3, -0.25) is 10.3 Å². The fraction of sp³-hybridized carbons (Fsp3) is 0.458. The molecule has 1 radical (unpaired) electrons. The third-order valence-corrected chi connectivity index (χ3v) is 5.02. The third kappa shape index (κ3) is 7.76. The van der Waals surface area contributed by atoms with Gasteiger partial charge in [0.15, 0.2) is 0 Å². The van der Waals surface area contributed by atoms with Crippen LogP contribution in [0.4, 0.5) is 10.5 Å². The summed E-state index contributed by atoms with van der Waals surface area (Å²) in [5.74, 6) is -0.0388. The number of aliphatic imine (C=N–C) groups is 1. The molecule has 0 atom stereocenters. The zero-order chi connectivity index (χ0) is 24.1. The van der Waals surface area contributed by atoms with Crippen LogP contribution in [0.5, 0.6) is 0 Å². The first kappa shape index (κ1) is 25.5. The molecule has 0 spiro atoms. The van der Waals surface area contributed by atoms with Crippen LogP contribution in [0.1, 0.15) is 52.7 Å². The van der Waals surface area contributed by atoms with E-state index in [0.717, 1.165) is 22.4 Å². The van der Waals surface area contributed by atoms with E-state index in [9.17, 15) is 4.79 Å². The van der Waals surface area contributed by atoms with Gasteiger partial charge in [-0.05, 0) is 68.6 Å². The van der Waals surface area contributed by atoms with E-state index >= 15 is 0 Å². The van der Waals surface area contributed by atoms with Crippen molar-refractivity contribution in [1.29, 1.82) is 0 Å². The summed E-state index contributed by atoms with van der Waals surface area (Å²) in [7, 11) is -0.808. The van der Waals surface area contributed by atoms with Gasteiger partial charge in [0.25, 0.3) is 0 Å². The number of rotatable bonds is 5. The van der Waals surface area contributed by atoms with E-state index in [1.807, 2.05) is 36.5 Å². The minimum Gasteiger partial charge on any atom is -0.444 e. The predicted molar refractivity (Wildman–Crippen MR) is 131 cm³/mol. The zero-order valence-corrected chi connectivity index (χ0v) is 21.4. The van der Waals surface area contributed by atoms with Gasteiger partial charge in [-0.15, -0.1) is 0 Å². The molecule has 0 fully saturated rings. The number of pyridine rings is 1. The Morgan fingerprint density at radius 2 is 1.84 bits per heavy atom. The van der Waals surface area contributed by atoms with Crippen molar-refractivity contribution in [3.05, 3.63) is 47.7 Å². The summed E-state index contributed by atoms with van der Waals surface area (Å²) in [6.07, 6.45) is 1.17. The van der Waals surface area contributed by atoms with Crippen molar-refractivity contribution in [2.45, 2.75) is 72.3 Å². The lowest BCUT2D eigenvalue weighted by molar-refractivity contribution is 0.0562. The van der Waals surface area contributed by atoms with Crippen LogP contribution in [-0.4, -0.2) is 31.7 Å². The molecule has 1 amide bonds. The number of amides is 1. The lowest BCUT2D eigenvalue weighted by atomic mass is 9.81. The van der Waals surface area contributed by atoms with Crippen LogP contribution in [0.25, 0.3) is 11.3 Å². The first-order valence-electron chi connectivity index (χ1n) is 10.6. The maximum absolute atomic E-state index is 11.9. The molecule has 2 rings (SSSR count). The Balaban J connectivity index is 2.39. The van der Waals surface area contributed by atoms with Crippen LogP contribution >= 0.6 is 0 Å². The van der Waals surface area contributed by atoms with Crippen LogP contribution in [0.15, 0.2) is 41.5 Å². The Bertz CT molecular complexity index is 976. The highest BCUT2D eigenvalue weighted by Gasteiger charge is 2.24. The Morgan fingerprint density at radius 1 is 1.16 bits per heavy atom. The lowest BCUT2D eigenvalue weighted by Gasteiger charge is -2.26. The number of aromatic nitrogens is 1. The number of carbonyl (C=O) groups excluding carboxylic acids is 1. The minimum absolute atomic E-state index is 0.0388. The zero-order valence-electron chi connectivity index (χ0n) is 20.4. The van der Waals surface area contributed by atoms with Crippen LogP contribution in [0.3, 0.4) is 0 Å². The second kappa shape index (κ2) is 10.3. The van der Waals surface area contributed by atoms with Crippen LogP contribution < -0.4 is 11.1 Å². The van der Waals surface area contributed by atoms with Gasteiger partial charge in [-0.1, -0.05) is 32.9 Å². The Morgan fingerprint density at radius 3 is 2.44 bits per heavy atom. The molecule has 7 nitrogen and oxygen atoms in total. The molecule has 32 heavy (non-hydrogen) atoms. The fourth-order valence-corrected chi connectivity index (χ4v) is 3.64. The van der Waals surface area contributed by atoms with E-state index in [-0.39, 0.29) is 11.4 Å². The minimum atomic E-state index is -0.808. The van der Waals surface area contributed by atoms with Gasteiger partial charge in [0.1, 0.15) is 5.60 Å². The van der Waals surface area contributed by atoms with Gasteiger partial charge >= 0.3 is 6.09 Å². The highest BCUT2D eigenvalue weighted by Crippen LogP contribution is 2.35. The predicted octanol–water partition coefficient (Wildman–Crippen LogP) is 5.28. The first-order chi connectivity index (χ1) is 14.8. The largest absolute Gasteiger partial charge is 0.444 e. The van der Waals surface area contributed by atoms with E-state index in [1.54, 1.807) is 20.8 Å². The number of hydrogen-bond acceptors (Lipinski definition) is 5. The summed E-state index contributed by atoms with van der Waals surface area (Å²) in [6, 6.07) is 9.64. The number of carbonyl (C=O) groups is 1. The van der Waals surface area contributed by atoms with E-state index in [1.165, 1.54) is 0 Å². The lowest BCUT2D eigenvalue weighted by Crippen LogP contribution is -2.40. The number of hydrogen-bond donors (Lipinski definition) is 2. The van der Waals surface area contributed by atoms with E-state index < -0.39 is 20.7 Å². The molecule has 0 unspecified atom stereocenters. The number of ether oxygens (including phenoxy) is 1. The van der Waals surface area contributed by atoms with Crippen molar-refractivity contribution in [1.82, 2.24) is 10.3 Å². The maximum atomic E-state index is 11.9. The first-order valence-corrected chi connectivity index (χ1v) is 13.0. The molecule has 3 N–H and O–H groups in total. The number of alkyl carbamates (subject to hydrolysis) is 1. The molecule has 1 aromatic carbocycles. The molecule has 0 aliphatic heterocycles. The number of guanidine groups is 1. The summed E-state index contributed by atoms with van der Waals surface area (Å²) in [4.78, 5) is 21.0. The van der Waals surface area contributed by atoms with Gasteiger partial charge < -0.3 is 14.9 Å². The van der Waals surface area contributed by atoms with Gasteiger partial charge in [-0.2, -0.15) is 0 Å². The summed E-state index contributed by atoms with van der Waals surface area (Å²) in [5, 5.41) is 2.45. The van der Waals surface area contributed by atoms with Gasteiger partial charge in [0.05, 0.1) is 18.0 Å². The summed E-state index contributed by atoms with van der Waals surface area (Å²) >= 11 is 0. The highest BCUT2D eigenvalue weighted by molar-refractivity contribution is 6.48. The summed E-state index contributed by atoms with van der Waals surface area (Å²) in [6.45, 7) is 16.7. The van der Waals surface area contributed by atoms with E-state index in [4.69, 9.17) is 19.9 Å². The molecule has 0 aliphatic rings. The van der Waals surface area contributed by atoms with Crippen molar-refractivity contribution < 1.29 is 14.0 Å². The molecule has 173 valence electrons. The maximum Gasteiger partial charge on any atom is 0.414 e. The Hall–Kier alpha value is -2.71. The SMILES string of the molecule is C[Si](C)OCc1ccnc(-c2cccc(N=C(N)NC(=O)OC(C)(C)C)c2)c1C(C)(C)C. The Kier molecular flexibility index (Phi) is 8.20. The molecule has 2 aromatic rings. The van der Waals surface area contributed by atoms with Gasteiger partial charge in [-0.25, -0.2) is 9.79 Å². The average Bonchev–Trinajstić information content (AvgIpc) is 2.63. The molecule has 8 heteroatoms. The number of nitrogens with two attached hydrogens (primary N) is 1. The topological polar surface area (TPSA) is 98.8 Å². The fourth-order valence-electron chi connectivity index (χ4n) is 3.20. The van der Waals surface area contributed by atoms with Crippen LogP contribution in [0.2, 0.25) is 13.1 Å². The molecule has 0 bridgehead atoms. The van der Waals surface area contributed by atoms with Crippen LogP contribution in [-0.2, 0) is 21.2 Å². The number of nitrogens with one attached hydrogen (secondary N) is 1. The van der Waals surface area contributed by atoms with Crippen LogP contribution in [0, 0.1) is 0 Å². The third-order valence-electron chi connectivity index (χ3n) is 4.30. The smallest absolute Gasteiger partial charge is 0.414 e. The molecule has 1 aromatic heterocycles. The van der Waals surface area contributed by atoms with Crippen molar-refractivity contribution >= 4 is 26.8 Å². The standard InChI is InChI=1S/C24H35N4O3Si/c1-23(2,3)19-17(15-30-32(7)8)12-13-26-20(19)16-10-9-11-18(14-16)27-21(25)28-22(29)31-24(4,5)6/h9-14H,15H2,1-8H3,(H3,25,27,28,29). The molecular weight excluding hydrogens is 420 g/mol. The van der Waals surface area contributed by atoms with Crippen molar-refractivity contribution in [2.24, 2.45) is 10.7 Å². The molecular formula is C24H35N4O3Si. The average molecular weight is 456 g/mol. The molecule has 0 aliphatic carbocycles. The number of nitrogens with zero attached hydrogens (tertiary/aromatic N) is 2. The number of benzene rings is 1. The molecule has 1 heterocycles. The summed E-state index contributed by atoms with van der Waals surface area (Å²) < 4.78 is 11.2. The van der Waals surface area contributed by atoms with Gasteiger partial charge in [0.2, 0.25) is 15.0 Å². The second-order valence-corrected chi connectivity index (χ2v) is 11.9. The van der Waals surface area contributed by atoms with E-state index in [0.29, 0.717) is 12.3 Å². The highest BCUT2D eigenvalue weighted by atomic mass is 28.3. The normalized spacial score (nSPS) is 12.7. The van der Waals surface area contributed by atoms with Crippen molar-refractivity contribution in [3.8, 4) is 11.3 Å².